The second-order valence-electron chi connectivity index (χ2n) is 2.67. The summed E-state index contributed by atoms with van der Waals surface area (Å²) in [5.74, 6) is 0.830. The Kier molecular flexibility index (Phi) is 3.31. The Morgan fingerprint density at radius 3 is 2.85 bits per heavy atom. The van der Waals surface area contributed by atoms with Gasteiger partial charge in [0.25, 0.3) is 0 Å². The molecule has 0 atom stereocenters. The van der Waals surface area contributed by atoms with Gasteiger partial charge in [-0.05, 0) is 37.6 Å². The van der Waals surface area contributed by atoms with Crippen molar-refractivity contribution in [1.29, 1.82) is 0 Å². The first-order valence-corrected chi connectivity index (χ1v) is 4.21. The zero-order chi connectivity index (χ0) is 9.68. The van der Waals surface area contributed by atoms with Crippen LogP contribution in [-0.2, 0) is 4.79 Å². The van der Waals surface area contributed by atoms with E-state index < -0.39 is 0 Å². The van der Waals surface area contributed by atoms with Gasteiger partial charge in [-0.3, -0.25) is 4.79 Å². The van der Waals surface area contributed by atoms with Crippen LogP contribution in [0.4, 0.5) is 5.69 Å². The van der Waals surface area contributed by atoms with E-state index in [-0.39, 0.29) is 0 Å². The van der Waals surface area contributed by atoms with Crippen LogP contribution in [0.2, 0.25) is 0 Å². The average molecular weight is 179 g/mol. The fraction of sp³-hybridized carbons (Fsp3) is 0.300. The molecule has 0 unspecified atom stereocenters. The minimum absolute atomic E-state index is 0.653. The molecule has 1 aromatic carbocycles. The van der Waals surface area contributed by atoms with Gasteiger partial charge in [0.1, 0.15) is 5.75 Å². The van der Waals surface area contributed by atoms with E-state index >= 15 is 0 Å². The van der Waals surface area contributed by atoms with Crippen molar-refractivity contribution >= 4 is 12.1 Å². The highest BCUT2D eigenvalue weighted by molar-refractivity contribution is 5.73. The van der Waals surface area contributed by atoms with Crippen LogP contribution in [0.3, 0.4) is 0 Å². The summed E-state index contributed by atoms with van der Waals surface area (Å²) in [5.41, 5.74) is 1.82. The predicted octanol–water partition coefficient (Wildman–Crippen LogP) is 1.96. The smallest absolute Gasteiger partial charge is 0.211 e. The quantitative estimate of drug-likeness (QED) is 0.717. The number of anilines is 1. The maximum Gasteiger partial charge on any atom is 0.211 e. The van der Waals surface area contributed by atoms with Gasteiger partial charge < -0.3 is 10.1 Å². The molecular formula is C10H13NO2. The molecular weight excluding hydrogens is 166 g/mol. The largest absolute Gasteiger partial charge is 0.494 e. The summed E-state index contributed by atoms with van der Waals surface area (Å²) in [6.45, 7) is 4.52. The summed E-state index contributed by atoms with van der Waals surface area (Å²) in [6, 6.07) is 5.56. The maximum absolute atomic E-state index is 10.2. The molecule has 13 heavy (non-hydrogen) atoms. The third-order valence-corrected chi connectivity index (χ3v) is 1.72. The van der Waals surface area contributed by atoms with Crippen molar-refractivity contribution in [3.63, 3.8) is 0 Å². The van der Waals surface area contributed by atoms with Crippen molar-refractivity contribution in [1.82, 2.24) is 0 Å². The van der Waals surface area contributed by atoms with Crippen LogP contribution in [0, 0.1) is 6.92 Å². The molecule has 0 saturated heterocycles. The molecule has 3 nitrogen and oxygen atoms in total. The first-order chi connectivity index (χ1) is 6.27. The highest BCUT2D eigenvalue weighted by Crippen LogP contribution is 2.20. The fourth-order valence-corrected chi connectivity index (χ4v) is 1.12. The van der Waals surface area contributed by atoms with Crippen LogP contribution in [-0.4, -0.2) is 13.0 Å². The van der Waals surface area contributed by atoms with E-state index in [1.165, 1.54) is 0 Å². The third-order valence-electron chi connectivity index (χ3n) is 1.72. The lowest BCUT2D eigenvalue weighted by molar-refractivity contribution is -0.105. The number of amides is 1. The van der Waals surface area contributed by atoms with Crippen LogP contribution < -0.4 is 10.1 Å². The molecule has 70 valence electrons. The Balaban J connectivity index is 2.84. The second kappa shape index (κ2) is 4.50. The molecule has 3 heteroatoms. The van der Waals surface area contributed by atoms with Crippen LogP contribution >= 0.6 is 0 Å². The van der Waals surface area contributed by atoms with Gasteiger partial charge in [-0.25, -0.2) is 0 Å². The molecule has 0 radical (unpaired) electrons. The predicted molar refractivity (Wildman–Crippen MR) is 52.0 cm³/mol. The van der Waals surface area contributed by atoms with Gasteiger partial charge in [-0.2, -0.15) is 0 Å². The number of ether oxygens (including phenoxy) is 1. The molecule has 1 amide bonds. The third kappa shape index (κ3) is 2.47. The molecule has 0 aromatic heterocycles. The number of hydrogen-bond acceptors (Lipinski definition) is 2. The molecule has 0 fully saturated rings. The minimum Gasteiger partial charge on any atom is -0.494 e. The molecule has 0 aliphatic heterocycles. The highest BCUT2D eigenvalue weighted by Gasteiger charge is 1.98. The molecule has 0 aliphatic rings. The Hall–Kier alpha value is -1.51. The van der Waals surface area contributed by atoms with Gasteiger partial charge in [-0.15, -0.1) is 0 Å². The van der Waals surface area contributed by atoms with Crippen molar-refractivity contribution < 1.29 is 9.53 Å². The van der Waals surface area contributed by atoms with E-state index in [0.717, 1.165) is 17.0 Å². The van der Waals surface area contributed by atoms with Gasteiger partial charge in [0, 0.05) is 5.69 Å². The van der Waals surface area contributed by atoms with Crippen LogP contribution in [0.25, 0.3) is 0 Å². The number of carbonyl (C=O) groups excluding carboxylic acids is 1. The Morgan fingerprint density at radius 2 is 2.31 bits per heavy atom. The molecule has 1 N–H and O–H groups in total. The summed E-state index contributed by atoms with van der Waals surface area (Å²) in [4.78, 5) is 10.2. The number of hydrogen-bond donors (Lipinski definition) is 1. The van der Waals surface area contributed by atoms with E-state index in [1.807, 2.05) is 32.0 Å². The standard InChI is InChI=1S/C10H13NO2/c1-3-13-9-4-5-10(11-7-12)8(2)6-9/h4-7H,3H2,1-2H3,(H,11,12). The first-order valence-electron chi connectivity index (χ1n) is 4.21. The number of carbonyl (C=O) groups is 1. The van der Waals surface area contributed by atoms with E-state index in [9.17, 15) is 4.79 Å². The fourth-order valence-electron chi connectivity index (χ4n) is 1.12. The lowest BCUT2D eigenvalue weighted by atomic mass is 10.2. The summed E-state index contributed by atoms with van der Waals surface area (Å²) in [6.07, 6.45) is 0.669. The molecule has 1 rings (SSSR count). The van der Waals surface area contributed by atoms with Gasteiger partial charge in [0.05, 0.1) is 6.61 Å². The summed E-state index contributed by atoms with van der Waals surface area (Å²) in [5, 5.41) is 2.61. The van der Waals surface area contributed by atoms with E-state index in [4.69, 9.17) is 4.74 Å². The average Bonchev–Trinajstić information content (AvgIpc) is 2.10. The molecule has 0 aliphatic carbocycles. The Bertz CT molecular complexity index is 297. The maximum atomic E-state index is 10.2. The molecule has 0 heterocycles. The zero-order valence-corrected chi connectivity index (χ0v) is 7.83. The van der Waals surface area contributed by atoms with E-state index in [0.29, 0.717) is 13.0 Å². The monoisotopic (exact) mass is 179 g/mol. The van der Waals surface area contributed by atoms with Crippen molar-refractivity contribution in [2.24, 2.45) is 0 Å². The highest BCUT2D eigenvalue weighted by atomic mass is 16.5. The number of rotatable bonds is 4. The number of benzene rings is 1. The molecule has 0 spiro atoms. The van der Waals surface area contributed by atoms with Crippen LogP contribution in [0.1, 0.15) is 12.5 Å². The molecule has 0 saturated carbocycles. The minimum atomic E-state index is 0.653. The Labute approximate surface area is 77.7 Å². The topological polar surface area (TPSA) is 38.3 Å². The van der Waals surface area contributed by atoms with Crippen molar-refractivity contribution in [2.45, 2.75) is 13.8 Å². The summed E-state index contributed by atoms with van der Waals surface area (Å²) >= 11 is 0. The van der Waals surface area contributed by atoms with Gasteiger partial charge in [0.15, 0.2) is 0 Å². The van der Waals surface area contributed by atoms with E-state index in [1.54, 1.807) is 0 Å². The van der Waals surface area contributed by atoms with Gasteiger partial charge in [-0.1, -0.05) is 0 Å². The Morgan fingerprint density at radius 1 is 1.54 bits per heavy atom. The molecule has 0 bridgehead atoms. The second-order valence-corrected chi connectivity index (χ2v) is 2.67. The normalized spacial score (nSPS) is 9.38. The number of aryl methyl sites for hydroxylation is 1. The SMILES string of the molecule is CCOc1ccc(NC=O)c(C)c1. The number of nitrogens with one attached hydrogen (secondary N) is 1. The van der Waals surface area contributed by atoms with Crippen molar-refractivity contribution in [2.75, 3.05) is 11.9 Å². The summed E-state index contributed by atoms with van der Waals surface area (Å²) in [7, 11) is 0. The van der Waals surface area contributed by atoms with Crippen LogP contribution in [0.5, 0.6) is 5.75 Å². The summed E-state index contributed by atoms with van der Waals surface area (Å²) < 4.78 is 5.30. The first kappa shape index (κ1) is 9.58. The molecule has 1 aromatic rings. The van der Waals surface area contributed by atoms with Crippen molar-refractivity contribution in [3.8, 4) is 5.75 Å². The lowest BCUT2D eigenvalue weighted by Gasteiger charge is -2.07. The van der Waals surface area contributed by atoms with Gasteiger partial charge in [0.2, 0.25) is 6.41 Å². The van der Waals surface area contributed by atoms with E-state index in [2.05, 4.69) is 5.32 Å². The lowest BCUT2D eigenvalue weighted by Crippen LogP contribution is -1.97. The van der Waals surface area contributed by atoms with Crippen molar-refractivity contribution in [3.05, 3.63) is 23.8 Å². The van der Waals surface area contributed by atoms with Crippen LogP contribution in [0.15, 0.2) is 18.2 Å². The van der Waals surface area contributed by atoms with Gasteiger partial charge >= 0.3 is 0 Å². The zero-order valence-electron chi connectivity index (χ0n) is 7.83.